The van der Waals surface area contributed by atoms with E-state index in [9.17, 15) is 8.42 Å². The zero-order valence-electron chi connectivity index (χ0n) is 7.61. The van der Waals surface area contributed by atoms with Crippen molar-refractivity contribution in [3.63, 3.8) is 0 Å². The van der Waals surface area contributed by atoms with Gasteiger partial charge in [0.1, 0.15) is 0 Å². The van der Waals surface area contributed by atoms with Gasteiger partial charge in [-0.25, -0.2) is 8.42 Å². The number of nitrogens with zero attached hydrogens (tertiary/aromatic N) is 1. The van der Waals surface area contributed by atoms with E-state index in [-0.39, 0.29) is 11.2 Å². The monoisotopic (exact) mass is 197 g/mol. The fourth-order valence-corrected chi connectivity index (χ4v) is 3.92. The minimum absolute atomic E-state index is 0.173. The van der Waals surface area contributed by atoms with Crippen LogP contribution in [0.3, 0.4) is 0 Å². The predicted octanol–water partition coefficient (Wildman–Crippen LogP) is 1.15. The largest absolute Gasteiger partial charge is 0.259 e. The van der Waals surface area contributed by atoms with Crippen molar-refractivity contribution in [1.82, 2.24) is 4.98 Å². The molecule has 2 heterocycles. The number of hydrogen-bond donors (Lipinski definition) is 0. The number of fused-ring (bicyclic) bond motifs is 1. The van der Waals surface area contributed by atoms with Crippen LogP contribution in [-0.2, 0) is 15.3 Å². The highest BCUT2D eigenvalue weighted by Gasteiger charge is 2.41. The van der Waals surface area contributed by atoms with E-state index in [0.29, 0.717) is 10.6 Å². The maximum atomic E-state index is 11.6. The van der Waals surface area contributed by atoms with Gasteiger partial charge in [-0.05, 0) is 12.1 Å². The first-order chi connectivity index (χ1) is 5.93. The van der Waals surface area contributed by atoms with Crippen LogP contribution < -0.4 is 0 Å². The molecule has 0 aliphatic carbocycles. The van der Waals surface area contributed by atoms with E-state index >= 15 is 0 Å². The zero-order chi connectivity index (χ0) is 9.69. The Morgan fingerprint density at radius 1 is 1.46 bits per heavy atom. The second kappa shape index (κ2) is 2.32. The van der Waals surface area contributed by atoms with Crippen LogP contribution in [0.5, 0.6) is 0 Å². The Balaban J connectivity index is 2.79. The first-order valence-corrected chi connectivity index (χ1v) is 5.77. The molecule has 0 aromatic carbocycles. The van der Waals surface area contributed by atoms with Crippen LogP contribution >= 0.6 is 0 Å². The maximum Gasteiger partial charge on any atom is 0.181 e. The molecule has 2 rings (SSSR count). The summed E-state index contributed by atoms with van der Waals surface area (Å²) in [7, 11) is -3.08. The zero-order valence-corrected chi connectivity index (χ0v) is 8.43. The van der Waals surface area contributed by atoms with Gasteiger partial charge in [-0.1, -0.05) is 13.8 Å². The lowest BCUT2D eigenvalue weighted by Crippen LogP contribution is -2.20. The van der Waals surface area contributed by atoms with Crippen LogP contribution in [0, 0.1) is 0 Å². The van der Waals surface area contributed by atoms with Gasteiger partial charge in [0.2, 0.25) is 0 Å². The van der Waals surface area contributed by atoms with Crippen LogP contribution in [0.4, 0.5) is 0 Å². The Hall–Kier alpha value is -0.900. The number of rotatable bonds is 0. The van der Waals surface area contributed by atoms with Crippen LogP contribution in [0.2, 0.25) is 0 Å². The smallest absolute Gasteiger partial charge is 0.181 e. The molecule has 0 fully saturated rings. The summed E-state index contributed by atoms with van der Waals surface area (Å²) in [6.07, 6.45) is 1.64. The highest BCUT2D eigenvalue weighted by Crippen LogP contribution is 2.37. The van der Waals surface area contributed by atoms with E-state index in [4.69, 9.17) is 0 Å². The van der Waals surface area contributed by atoms with Crippen LogP contribution in [0.15, 0.2) is 23.2 Å². The normalized spacial score (nSPS) is 22.6. The van der Waals surface area contributed by atoms with E-state index in [0.717, 1.165) is 0 Å². The summed E-state index contributed by atoms with van der Waals surface area (Å²) in [5, 5.41) is 0. The molecule has 0 spiro atoms. The third-order valence-corrected chi connectivity index (χ3v) is 4.40. The van der Waals surface area contributed by atoms with Crippen molar-refractivity contribution < 1.29 is 8.42 Å². The molecular weight excluding hydrogens is 186 g/mol. The van der Waals surface area contributed by atoms with E-state index in [1.807, 2.05) is 13.8 Å². The number of hydrogen-bond acceptors (Lipinski definition) is 3. The Morgan fingerprint density at radius 3 is 2.77 bits per heavy atom. The molecule has 1 aromatic rings. The Labute approximate surface area is 77.7 Å². The molecule has 13 heavy (non-hydrogen) atoms. The summed E-state index contributed by atoms with van der Waals surface area (Å²) in [6.45, 7) is 3.81. The van der Waals surface area contributed by atoms with E-state index < -0.39 is 9.84 Å². The van der Waals surface area contributed by atoms with E-state index in [1.54, 1.807) is 18.3 Å². The molecule has 0 saturated carbocycles. The lowest BCUT2D eigenvalue weighted by atomic mass is 9.92. The number of pyridine rings is 1. The molecule has 0 bridgehead atoms. The van der Waals surface area contributed by atoms with Crippen LogP contribution in [0.25, 0.3) is 0 Å². The van der Waals surface area contributed by atoms with Crippen molar-refractivity contribution in [2.24, 2.45) is 0 Å². The van der Waals surface area contributed by atoms with Crippen molar-refractivity contribution in [3.8, 4) is 0 Å². The van der Waals surface area contributed by atoms with Gasteiger partial charge in [0.05, 0.1) is 16.3 Å². The standard InChI is InChI=1S/C9H11NO2S/c1-9(2)6-13(11,12)7-4-3-5-10-8(7)9/h3-5H,6H2,1-2H3. The molecule has 0 amide bonds. The highest BCUT2D eigenvalue weighted by atomic mass is 32.2. The predicted molar refractivity (Wildman–Crippen MR) is 49.3 cm³/mol. The van der Waals surface area contributed by atoms with Crippen molar-refractivity contribution >= 4 is 9.84 Å². The fourth-order valence-electron chi connectivity index (χ4n) is 1.77. The summed E-state index contributed by atoms with van der Waals surface area (Å²) in [6, 6.07) is 3.30. The summed E-state index contributed by atoms with van der Waals surface area (Å²) in [5.41, 5.74) is 0.366. The van der Waals surface area contributed by atoms with E-state index in [2.05, 4.69) is 4.98 Å². The lowest BCUT2D eigenvalue weighted by Gasteiger charge is -2.14. The molecule has 1 aromatic heterocycles. The Kier molecular flexibility index (Phi) is 1.55. The quantitative estimate of drug-likeness (QED) is 0.626. The molecule has 3 nitrogen and oxygen atoms in total. The van der Waals surface area contributed by atoms with Gasteiger partial charge in [-0.3, -0.25) is 4.98 Å². The molecule has 0 saturated heterocycles. The summed E-state index contributed by atoms with van der Waals surface area (Å²) in [5.74, 6) is 0.173. The number of sulfone groups is 1. The average Bonchev–Trinajstić information content (AvgIpc) is 2.20. The van der Waals surface area contributed by atoms with Crippen LogP contribution in [-0.4, -0.2) is 19.2 Å². The summed E-state index contributed by atoms with van der Waals surface area (Å²) in [4.78, 5) is 4.53. The Bertz CT molecular complexity index is 448. The van der Waals surface area contributed by atoms with Gasteiger partial charge in [0.25, 0.3) is 0 Å². The maximum absolute atomic E-state index is 11.6. The Morgan fingerprint density at radius 2 is 2.15 bits per heavy atom. The number of aromatic nitrogens is 1. The second-order valence-electron chi connectivity index (χ2n) is 3.99. The van der Waals surface area contributed by atoms with Crippen molar-refractivity contribution in [2.45, 2.75) is 24.2 Å². The second-order valence-corrected chi connectivity index (χ2v) is 5.95. The highest BCUT2D eigenvalue weighted by molar-refractivity contribution is 7.91. The van der Waals surface area contributed by atoms with Gasteiger partial charge in [0, 0.05) is 11.6 Å². The van der Waals surface area contributed by atoms with E-state index in [1.165, 1.54) is 0 Å². The lowest BCUT2D eigenvalue weighted by molar-refractivity contribution is 0.562. The first kappa shape index (κ1) is 8.69. The van der Waals surface area contributed by atoms with Gasteiger partial charge in [-0.2, -0.15) is 0 Å². The molecule has 1 aliphatic heterocycles. The molecule has 70 valence electrons. The van der Waals surface area contributed by atoms with Crippen molar-refractivity contribution in [2.75, 3.05) is 5.75 Å². The molecule has 1 aliphatic rings. The first-order valence-electron chi connectivity index (χ1n) is 4.12. The molecule has 0 N–H and O–H groups in total. The van der Waals surface area contributed by atoms with Gasteiger partial charge < -0.3 is 0 Å². The van der Waals surface area contributed by atoms with Gasteiger partial charge >= 0.3 is 0 Å². The molecule has 4 heteroatoms. The molecular formula is C9H11NO2S. The minimum atomic E-state index is -3.08. The van der Waals surface area contributed by atoms with Crippen LogP contribution in [0.1, 0.15) is 19.5 Å². The van der Waals surface area contributed by atoms with Gasteiger partial charge in [0.15, 0.2) is 9.84 Å². The summed E-state index contributed by atoms with van der Waals surface area (Å²) >= 11 is 0. The molecule has 0 unspecified atom stereocenters. The van der Waals surface area contributed by atoms with Crippen molar-refractivity contribution in [1.29, 1.82) is 0 Å². The van der Waals surface area contributed by atoms with Gasteiger partial charge in [-0.15, -0.1) is 0 Å². The third kappa shape index (κ3) is 1.16. The SMILES string of the molecule is CC1(C)CS(=O)(=O)c2cccnc21. The minimum Gasteiger partial charge on any atom is -0.259 e. The average molecular weight is 197 g/mol. The molecule has 0 atom stereocenters. The molecule has 0 radical (unpaired) electrons. The summed E-state index contributed by atoms with van der Waals surface area (Å²) < 4.78 is 23.3. The third-order valence-electron chi connectivity index (χ3n) is 2.30. The topological polar surface area (TPSA) is 47.0 Å². The van der Waals surface area contributed by atoms with Crippen molar-refractivity contribution in [3.05, 3.63) is 24.0 Å². The fraction of sp³-hybridized carbons (Fsp3) is 0.444.